The van der Waals surface area contributed by atoms with Crippen molar-refractivity contribution in [3.05, 3.63) is 41.2 Å². The molecule has 8 heteroatoms. The van der Waals surface area contributed by atoms with E-state index in [-0.39, 0.29) is 17.8 Å². The van der Waals surface area contributed by atoms with Crippen molar-refractivity contribution in [3.63, 3.8) is 0 Å². The minimum atomic E-state index is -0.341. The van der Waals surface area contributed by atoms with E-state index in [4.69, 9.17) is 0 Å². The first-order valence-corrected chi connectivity index (χ1v) is 6.55. The molecule has 108 valence electrons. The number of nitrogens with one attached hydrogen (secondary N) is 2. The molecule has 0 aliphatic rings. The Kier molecular flexibility index (Phi) is 3.13. The first-order valence-electron chi connectivity index (χ1n) is 6.55. The molecule has 1 unspecified atom stereocenters. The van der Waals surface area contributed by atoms with Gasteiger partial charge >= 0.3 is 0 Å². The Hall–Kier alpha value is -2.77. The van der Waals surface area contributed by atoms with E-state index < -0.39 is 0 Å². The highest BCUT2D eigenvalue weighted by molar-refractivity contribution is 5.91. The van der Waals surface area contributed by atoms with E-state index in [1.165, 1.54) is 0 Å². The van der Waals surface area contributed by atoms with Crippen LogP contribution in [0.5, 0.6) is 0 Å². The highest BCUT2D eigenvalue weighted by atomic mass is 16.2. The van der Waals surface area contributed by atoms with Gasteiger partial charge in [-0.2, -0.15) is 10.1 Å². The van der Waals surface area contributed by atoms with Crippen molar-refractivity contribution in [2.75, 3.05) is 0 Å². The van der Waals surface area contributed by atoms with Gasteiger partial charge in [-0.25, -0.2) is 9.50 Å². The van der Waals surface area contributed by atoms with E-state index in [1.54, 1.807) is 16.9 Å². The summed E-state index contributed by atoms with van der Waals surface area (Å²) in [5, 5.41) is 13.6. The predicted octanol–water partition coefficient (Wildman–Crippen LogP) is 0.955. The Bertz CT molecular complexity index is 790. The quantitative estimate of drug-likeness (QED) is 0.746. The SMILES string of the molecule is Cc1cc(C)n2nc(C(=O)NC(C)c3cn[nH]c3)nc2n1. The number of aromatic nitrogens is 6. The summed E-state index contributed by atoms with van der Waals surface area (Å²) < 4.78 is 1.56. The molecule has 0 aromatic carbocycles. The summed E-state index contributed by atoms with van der Waals surface area (Å²) in [6.45, 7) is 5.64. The molecule has 0 saturated heterocycles. The summed E-state index contributed by atoms with van der Waals surface area (Å²) >= 11 is 0. The largest absolute Gasteiger partial charge is 0.343 e. The summed E-state index contributed by atoms with van der Waals surface area (Å²) in [6, 6.07) is 1.70. The van der Waals surface area contributed by atoms with Crippen LogP contribution in [0, 0.1) is 13.8 Å². The summed E-state index contributed by atoms with van der Waals surface area (Å²) in [5.74, 6) is 0.186. The standard InChI is InChI=1S/C13H15N7O/c1-7-4-8(2)20-13(16-7)18-11(19-20)12(21)17-9(3)10-5-14-15-6-10/h4-6,9H,1-3H3,(H,14,15)(H,17,21). The Balaban J connectivity index is 1.86. The first-order chi connectivity index (χ1) is 10.0. The van der Waals surface area contributed by atoms with Crippen LogP contribution in [-0.4, -0.2) is 35.7 Å². The third-order valence-electron chi connectivity index (χ3n) is 3.19. The molecule has 0 aliphatic carbocycles. The number of carbonyl (C=O) groups excluding carboxylic acids is 1. The molecule has 3 aromatic rings. The van der Waals surface area contributed by atoms with Crippen molar-refractivity contribution in [3.8, 4) is 0 Å². The van der Waals surface area contributed by atoms with Crippen LogP contribution in [0.15, 0.2) is 18.5 Å². The first kappa shape index (κ1) is 13.2. The van der Waals surface area contributed by atoms with Gasteiger partial charge < -0.3 is 5.32 Å². The summed E-state index contributed by atoms with van der Waals surface area (Å²) in [7, 11) is 0. The number of H-pyrrole nitrogens is 1. The van der Waals surface area contributed by atoms with Crippen LogP contribution in [0.3, 0.4) is 0 Å². The zero-order valence-electron chi connectivity index (χ0n) is 12.0. The normalized spacial score (nSPS) is 12.5. The highest BCUT2D eigenvalue weighted by Crippen LogP contribution is 2.10. The van der Waals surface area contributed by atoms with Gasteiger partial charge in [0.05, 0.1) is 12.2 Å². The monoisotopic (exact) mass is 285 g/mol. The zero-order chi connectivity index (χ0) is 15.0. The molecular formula is C13H15N7O. The lowest BCUT2D eigenvalue weighted by atomic mass is 10.2. The van der Waals surface area contributed by atoms with E-state index >= 15 is 0 Å². The zero-order valence-corrected chi connectivity index (χ0v) is 12.0. The summed E-state index contributed by atoms with van der Waals surface area (Å²) in [6.07, 6.45) is 3.40. The van der Waals surface area contributed by atoms with E-state index in [0.717, 1.165) is 17.0 Å². The van der Waals surface area contributed by atoms with Crippen LogP contribution in [-0.2, 0) is 0 Å². The van der Waals surface area contributed by atoms with Gasteiger partial charge in [-0.05, 0) is 26.8 Å². The third kappa shape index (κ3) is 2.47. The van der Waals surface area contributed by atoms with Crippen molar-refractivity contribution in [1.82, 2.24) is 35.1 Å². The molecule has 1 amide bonds. The van der Waals surface area contributed by atoms with Crippen LogP contribution in [0.1, 0.15) is 40.5 Å². The Morgan fingerprint density at radius 3 is 2.90 bits per heavy atom. The van der Waals surface area contributed by atoms with Gasteiger partial charge in [0.25, 0.3) is 11.7 Å². The second-order valence-corrected chi connectivity index (χ2v) is 4.91. The van der Waals surface area contributed by atoms with Gasteiger partial charge in [0.15, 0.2) is 0 Å². The van der Waals surface area contributed by atoms with Gasteiger partial charge in [-0.15, -0.1) is 5.10 Å². The molecule has 3 rings (SSSR count). The van der Waals surface area contributed by atoms with E-state index in [2.05, 4.69) is 30.6 Å². The van der Waals surface area contributed by atoms with E-state index in [0.29, 0.717) is 5.78 Å². The minimum Gasteiger partial charge on any atom is -0.343 e. The molecule has 2 N–H and O–H groups in total. The number of carbonyl (C=O) groups is 1. The lowest BCUT2D eigenvalue weighted by molar-refractivity contribution is 0.0929. The van der Waals surface area contributed by atoms with Crippen LogP contribution in [0.2, 0.25) is 0 Å². The van der Waals surface area contributed by atoms with Crippen LogP contribution in [0.4, 0.5) is 0 Å². The predicted molar refractivity (Wildman–Crippen MR) is 74.7 cm³/mol. The molecule has 0 aliphatic heterocycles. The molecule has 0 radical (unpaired) electrons. The average molecular weight is 285 g/mol. The molecule has 0 fully saturated rings. The van der Waals surface area contributed by atoms with Crippen molar-refractivity contribution >= 4 is 11.7 Å². The van der Waals surface area contributed by atoms with Gasteiger partial charge in [0.2, 0.25) is 5.82 Å². The number of amides is 1. The van der Waals surface area contributed by atoms with Gasteiger partial charge in [0.1, 0.15) is 0 Å². The molecule has 1 atom stereocenters. The number of rotatable bonds is 3. The van der Waals surface area contributed by atoms with Crippen molar-refractivity contribution in [1.29, 1.82) is 0 Å². The van der Waals surface area contributed by atoms with Gasteiger partial charge in [-0.3, -0.25) is 9.89 Å². The maximum absolute atomic E-state index is 12.2. The number of hydrogen-bond donors (Lipinski definition) is 2. The van der Waals surface area contributed by atoms with E-state index in [1.807, 2.05) is 26.8 Å². The fourth-order valence-electron chi connectivity index (χ4n) is 2.10. The number of aromatic amines is 1. The molecule has 0 spiro atoms. The average Bonchev–Trinajstić information content (AvgIpc) is 3.07. The Morgan fingerprint density at radius 2 is 2.19 bits per heavy atom. The molecule has 0 bridgehead atoms. The van der Waals surface area contributed by atoms with Crippen LogP contribution >= 0.6 is 0 Å². The molecule has 3 aromatic heterocycles. The fourth-order valence-corrected chi connectivity index (χ4v) is 2.10. The summed E-state index contributed by atoms with van der Waals surface area (Å²) in [4.78, 5) is 20.6. The fraction of sp³-hybridized carbons (Fsp3) is 0.308. The maximum atomic E-state index is 12.2. The maximum Gasteiger partial charge on any atom is 0.291 e. The second kappa shape index (κ2) is 4.97. The Labute approximate surface area is 120 Å². The summed E-state index contributed by atoms with van der Waals surface area (Å²) in [5.41, 5.74) is 2.61. The topological polar surface area (TPSA) is 101 Å². The van der Waals surface area contributed by atoms with Crippen molar-refractivity contribution in [2.45, 2.75) is 26.8 Å². The van der Waals surface area contributed by atoms with Crippen molar-refractivity contribution in [2.24, 2.45) is 0 Å². The van der Waals surface area contributed by atoms with Gasteiger partial charge in [-0.1, -0.05) is 0 Å². The smallest absolute Gasteiger partial charge is 0.291 e. The minimum absolute atomic E-state index is 0.103. The number of fused-ring (bicyclic) bond motifs is 1. The number of hydrogen-bond acceptors (Lipinski definition) is 5. The van der Waals surface area contributed by atoms with Gasteiger partial charge in [0, 0.05) is 23.1 Å². The third-order valence-corrected chi connectivity index (χ3v) is 3.19. The molecule has 0 saturated carbocycles. The highest BCUT2D eigenvalue weighted by Gasteiger charge is 2.17. The molecule has 21 heavy (non-hydrogen) atoms. The van der Waals surface area contributed by atoms with Crippen molar-refractivity contribution < 1.29 is 4.79 Å². The number of aryl methyl sites for hydroxylation is 2. The lowest BCUT2D eigenvalue weighted by Crippen LogP contribution is -2.27. The molecule has 3 heterocycles. The van der Waals surface area contributed by atoms with Crippen LogP contribution < -0.4 is 5.32 Å². The number of nitrogens with zero attached hydrogens (tertiary/aromatic N) is 5. The second-order valence-electron chi connectivity index (χ2n) is 4.91. The molecular weight excluding hydrogens is 270 g/mol. The Morgan fingerprint density at radius 1 is 1.38 bits per heavy atom. The van der Waals surface area contributed by atoms with E-state index in [9.17, 15) is 4.79 Å². The molecule has 8 nitrogen and oxygen atoms in total. The lowest BCUT2D eigenvalue weighted by Gasteiger charge is -2.09. The van der Waals surface area contributed by atoms with Crippen LogP contribution in [0.25, 0.3) is 5.78 Å².